The molecule has 0 spiro atoms. The van der Waals surface area contributed by atoms with E-state index in [4.69, 9.17) is 10.5 Å². The lowest BCUT2D eigenvalue weighted by Crippen LogP contribution is -2.25. The van der Waals surface area contributed by atoms with Gasteiger partial charge in [-0.25, -0.2) is 0 Å². The molecule has 0 aromatic heterocycles. The molecule has 1 N–H and O–H groups in total. The Morgan fingerprint density at radius 3 is 1.90 bits per heavy atom. The summed E-state index contributed by atoms with van der Waals surface area (Å²) in [6.45, 7) is 1.76. The standard InChI is InChI=1S/C7H10N2O/c1-2-7(10,3-5-8)4-6-9/h10H,2-4H2,1H3. The van der Waals surface area contributed by atoms with Gasteiger partial charge in [-0.2, -0.15) is 10.5 Å². The molecule has 3 nitrogen and oxygen atoms in total. The van der Waals surface area contributed by atoms with Gasteiger partial charge in [0.1, 0.15) is 0 Å². The van der Waals surface area contributed by atoms with Crippen LogP contribution in [0.15, 0.2) is 0 Å². The van der Waals surface area contributed by atoms with E-state index in [2.05, 4.69) is 0 Å². The van der Waals surface area contributed by atoms with Crippen LogP contribution in [0.2, 0.25) is 0 Å². The summed E-state index contributed by atoms with van der Waals surface area (Å²) in [5, 5.41) is 25.9. The van der Waals surface area contributed by atoms with Crippen LogP contribution in [0.1, 0.15) is 26.2 Å². The van der Waals surface area contributed by atoms with Crippen LogP contribution in [-0.2, 0) is 0 Å². The van der Waals surface area contributed by atoms with Crippen LogP contribution in [0.5, 0.6) is 0 Å². The van der Waals surface area contributed by atoms with E-state index in [0.717, 1.165) is 0 Å². The fourth-order valence-electron chi connectivity index (χ4n) is 0.607. The first-order valence-corrected chi connectivity index (χ1v) is 3.15. The van der Waals surface area contributed by atoms with Crippen LogP contribution < -0.4 is 0 Å². The third kappa shape index (κ3) is 2.48. The number of nitriles is 2. The van der Waals surface area contributed by atoms with Gasteiger partial charge in [-0.1, -0.05) is 6.92 Å². The Kier molecular flexibility index (Phi) is 3.46. The average Bonchev–Trinajstić information content (AvgIpc) is 1.89. The molecule has 0 aliphatic rings. The predicted octanol–water partition coefficient (Wildman–Crippen LogP) is 0.955. The third-order valence-electron chi connectivity index (χ3n) is 1.47. The van der Waals surface area contributed by atoms with Crippen LogP contribution >= 0.6 is 0 Å². The average molecular weight is 138 g/mol. The van der Waals surface area contributed by atoms with Gasteiger partial charge in [0.2, 0.25) is 0 Å². The van der Waals surface area contributed by atoms with E-state index in [-0.39, 0.29) is 12.8 Å². The van der Waals surface area contributed by atoms with Crippen LogP contribution in [-0.4, -0.2) is 10.7 Å². The molecule has 0 saturated heterocycles. The summed E-state index contributed by atoms with van der Waals surface area (Å²) in [5.74, 6) is 0. The third-order valence-corrected chi connectivity index (χ3v) is 1.47. The highest BCUT2D eigenvalue weighted by Crippen LogP contribution is 2.17. The highest BCUT2D eigenvalue weighted by molar-refractivity contribution is 4.94. The Morgan fingerprint density at radius 1 is 1.30 bits per heavy atom. The smallest absolute Gasteiger partial charge is 0.0903 e. The molecule has 0 atom stereocenters. The lowest BCUT2D eigenvalue weighted by Gasteiger charge is -2.18. The largest absolute Gasteiger partial charge is 0.388 e. The molecule has 0 aromatic carbocycles. The summed E-state index contributed by atoms with van der Waals surface area (Å²) in [5.41, 5.74) is -1.08. The van der Waals surface area contributed by atoms with E-state index < -0.39 is 5.60 Å². The number of rotatable bonds is 3. The van der Waals surface area contributed by atoms with Crippen LogP contribution in [0.4, 0.5) is 0 Å². The van der Waals surface area contributed by atoms with Gasteiger partial charge in [0.15, 0.2) is 0 Å². The van der Waals surface area contributed by atoms with Gasteiger partial charge >= 0.3 is 0 Å². The first-order chi connectivity index (χ1) is 4.68. The molecule has 54 valence electrons. The molecule has 0 aliphatic carbocycles. The fraction of sp³-hybridized carbons (Fsp3) is 0.714. The van der Waals surface area contributed by atoms with Crippen LogP contribution in [0, 0.1) is 22.7 Å². The number of hydrogen-bond acceptors (Lipinski definition) is 3. The van der Waals surface area contributed by atoms with Gasteiger partial charge in [-0.3, -0.25) is 0 Å². The van der Waals surface area contributed by atoms with E-state index in [0.29, 0.717) is 6.42 Å². The molecular formula is C7H10N2O. The van der Waals surface area contributed by atoms with E-state index in [9.17, 15) is 5.11 Å². The molecule has 0 radical (unpaired) electrons. The maximum Gasteiger partial charge on any atom is 0.0903 e. The van der Waals surface area contributed by atoms with Crippen molar-refractivity contribution < 1.29 is 5.11 Å². The van der Waals surface area contributed by atoms with Crippen molar-refractivity contribution in [1.82, 2.24) is 0 Å². The van der Waals surface area contributed by atoms with Gasteiger partial charge in [-0.15, -0.1) is 0 Å². The Hall–Kier alpha value is -1.06. The minimum absolute atomic E-state index is 0.0388. The molecule has 0 fully saturated rings. The zero-order valence-electron chi connectivity index (χ0n) is 5.96. The zero-order valence-corrected chi connectivity index (χ0v) is 5.96. The normalized spacial score (nSPS) is 10.0. The summed E-state index contributed by atoms with van der Waals surface area (Å²) >= 11 is 0. The molecule has 0 aromatic rings. The fourth-order valence-corrected chi connectivity index (χ4v) is 0.607. The molecule has 0 saturated carbocycles. The van der Waals surface area contributed by atoms with Crippen molar-refractivity contribution in [3.05, 3.63) is 0 Å². The van der Waals surface area contributed by atoms with Crippen molar-refractivity contribution in [1.29, 1.82) is 10.5 Å². The molecule has 0 heterocycles. The van der Waals surface area contributed by atoms with E-state index >= 15 is 0 Å². The van der Waals surface area contributed by atoms with Crippen molar-refractivity contribution in [2.45, 2.75) is 31.8 Å². The van der Waals surface area contributed by atoms with E-state index in [1.165, 1.54) is 0 Å². The minimum atomic E-state index is -1.08. The Labute approximate surface area is 60.5 Å². The number of nitrogens with zero attached hydrogens (tertiary/aromatic N) is 2. The summed E-state index contributed by atoms with van der Waals surface area (Å²) < 4.78 is 0. The quantitative estimate of drug-likeness (QED) is 0.631. The second-order valence-corrected chi connectivity index (χ2v) is 2.25. The minimum Gasteiger partial charge on any atom is -0.388 e. The summed E-state index contributed by atoms with van der Waals surface area (Å²) in [4.78, 5) is 0. The molecule has 0 rings (SSSR count). The van der Waals surface area contributed by atoms with Gasteiger partial charge in [-0.05, 0) is 6.42 Å². The zero-order chi connectivity index (χ0) is 8.04. The monoisotopic (exact) mass is 138 g/mol. The summed E-state index contributed by atoms with van der Waals surface area (Å²) in [7, 11) is 0. The number of hydrogen-bond donors (Lipinski definition) is 1. The van der Waals surface area contributed by atoms with Crippen LogP contribution in [0.3, 0.4) is 0 Å². The molecule has 0 unspecified atom stereocenters. The lowest BCUT2D eigenvalue weighted by atomic mass is 9.94. The highest BCUT2D eigenvalue weighted by atomic mass is 16.3. The number of aliphatic hydroxyl groups is 1. The summed E-state index contributed by atoms with van der Waals surface area (Å²) in [6, 6.07) is 3.69. The van der Waals surface area contributed by atoms with Crippen molar-refractivity contribution in [3.63, 3.8) is 0 Å². The topological polar surface area (TPSA) is 67.8 Å². The van der Waals surface area contributed by atoms with E-state index in [1.54, 1.807) is 6.92 Å². The van der Waals surface area contributed by atoms with Gasteiger partial charge < -0.3 is 5.11 Å². The molecule has 0 bridgehead atoms. The van der Waals surface area contributed by atoms with Crippen molar-refractivity contribution in [2.75, 3.05) is 0 Å². The van der Waals surface area contributed by atoms with Gasteiger partial charge in [0.05, 0.1) is 30.6 Å². The maximum atomic E-state index is 9.38. The first-order valence-electron chi connectivity index (χ1n) is 3.15. The molecular weight excluding hydrogens is 128 g/mol. The predicted molar refractivity (Wildman–Crippen MR) is 35.7 cm³/mol. The second kappa shape index (κ2) is 3.87. The Morgan fingerprint density at radius 2 is 1.70 bits per heavy atom. The van der Waals surface area contributed by atoms with Crippen LogP contribution in [0.25, 0.3) is 0 Å². The summed E-state index contributed by atoms with van der Waals surface area (Å²) in [6.07, 6.45) is 0.530. The van der Waals surface area contributed by atoms with Crippen molar-refractivity contribution in [2.24, 2.45) is 0 Å². The Balaban J connectivity index is 4.00. The molecule has 0 aliphatic heterocycles. The van der Waals surface area contributed by atoms with Gasteiger partial charge in [0, 0.05) is 0 Å². The molecule has 0 amide bonds. The molecule has 10 heavy (non-hydrogen) atoms. The second-order valence-electron chi connectivity index (χ2n) is 2.25. The first kappa shape index (κ1) is 8.94. The highest BCUT2D eigenvalue weighted by Gasteiger charge is 2.23. The Bertz CT molecular complexity index is 159. The van der Waals surface area contributed by atoms with Gasteiger partial charge in [0.25, 0.3) is 0 Å². The van der Waals surface area contributed by atoms with Crippen molar-refractivity contribution >= 4 is 0 Å². The molecule has 3 heteroatoms. The van der Waals surface area contributed by atoms with E-state index in [1.807, 2.05) is 12.1 Å². The maximum absolute atomic E-state index is 9.38. The lowest BCUT2D eigenvalue weighted by molar-refractivity contribution is 0.0458. The SMILES string of the molecule is CCC(O)(CC#N)CC#N. The van der Waals surface area contributed by atoms with Crippen molar-refractivity contribution in [3.8, 4) is 12.1 Å².